The van der Waals surface area contributed by atoms with E-state index in [0.29, 0.717) is 11.1 Å². The van der Waals surface area contributed by atoms with Gasteiger partial charge in [-0.1, -0.05) is 48.5 Å². The lowest BCUT2D eigenvalue weighted by molar-refractivity contribution is -0.140. The Morgan fingerprint density at radius 3 is 2.41 bits per heavy atom. The third kappa shape index (κ3) is 4.52. The van der Waals surface area contributed by atoms with E-state index in [4.69, 9.17) is 9.47 Å². The molecule has 4 rings (SSSR count). The van der Waals surface area contributed by atoms with Gasteiger partial charge < -0.3 is 14.8 Å². The van der Waals surface area contributed by atoms with Crippen LogP contribution >= 0.6 is 0 Å². The number of carbonyl (C=O) groups is 2. The number of nitrogens with one attached hydrogen (secondary N) is 1. The molecule has 0 atom stereocenters. The SMILES string of the molecule is O=C(OCc1ccc(C(=O)Nc2ccccc2)cc1)C1=Cc2ccccc2OC1. The van der Waals surface area contributed by atoms with Gasteiger partial charge in [0.05, 0.1) is 5.57 Å². The molecule has 29 heavy (non-hydrogen) atoms. The van der Waals surface area contributed by atoms with Crippen LogP contribution in [0.1, 0.15) is 21.5 Å². The Hall–Kier alpha value is -3.86. The first-order valence-corrected chi connectivity index (χ1v) is 9.24. The predicted molar refractivity (Wildman–Crippen MR) is 111 cm³/mol. The fourth-order valence-corrected chi connectivity index (χ4v) is 2.95. The Morgan fingerprint density at radius 2 is 1.62 bits per heavy atom. The summed E-state index contributed by atoms with van der Waals surface area (Å²) in [6, 6.07) is 23.8. The van der Waals surface area contributed by atoms with Crippen LogP contribution < -0.4 is 10.1 Å². The van der Waals surface area contributed by atoms with Gasteiger partial charge in [-0.2, -0.15) is 0 Å². The number of anilines is 1. The van der Waals surface area contributed by atoms with Gasteiger partial charge in [-0.15, -0.1) is 0 Å². The molecule has 0 aromatic heterocycles. The maximum atomic E-state index is 12.3. The average molecular weight is 385 g/mol. The first-order chi connectivity index (χ1) is 14.2. The van der Waals surface area contributed by atoms with Crippen LogP contribution in [0, 0.1) is 0 Å². The molecule has 0 fully saturated rings. The highest BCUT2D eigenvalue weighted by Crippen LogP contribution is 2.26. The summed E-state index contributed by atoms with van der Waals surface area (Å²) in [7, 11) is 0. The van der Waals surface area contributed by atoms with Crippen molar-refractivity contribution in [3.63, 3.8) is 0 Å². The Kier molecular flexibility index (Phi) is 5.38. The molecule has 0 bridgehead atoms. The highest BCUT2D eigenvalue weighted by atomic mass is 16.5. The first kappa shape index (κ1) is 18.5. The molecular formula is C24H19NO4. The number of amides is 1. The van der Waals surface area contributed by atoms with Gasteiger partial charge in [0.1, 0.15) is 19.0 Å². The first-order valence-electron chi connectivity index (χ1n) is 9.24. The van der Waals surface area contributed by atoms with E-state index in [1.165, 1.54) is 0 Å². The minimum absolute atomic E-state index is 0.123. The molecule has 5 heteroatoms. The predicted octanol–water partition coefficient (Wildman–Crippen LogP) is 4.46. The second kappa shape index (κ2) is 8.44. The topological polar surface area (TPSA) is 64.6 Å². The summed E-state index contributed by atoms with van der Waals surface area (Å²) in [5.41, 5.74) is 3.40. The standard InChI is InChI=1S/C24H19NO4/c26-23(25-21-7-2-1-3-8-21)18-12-10-17(11-13-18)15-29-24(27)20-14-19-6-4-5-9-22(19)28-16-20/h1-14H,15-16H2,(H,25,26). The summed E-state index contributed by atoms with van der Waals surface area (Å²) in [5, 5.41) is 2.83. The van der Waals surface area contributed by atoms with Gasteiger partial charge in [-0.3, -0.25) is 4.79 Å². The van der Waals surface area contributed by atoms with Crippen LogP contribution in [0.4, 0.5) is 5.69 Å². The molecule has 5 nitrogen and oxygen atoms in total. The smallest absolute Gasteiger partial charge is 0.337 e. The third-order valence-electron chi connectivity index (χ3n) is 4.51. The molecule has 1 N–H and O–H groups in total. The average Bonchev–Trinajstić information content (AvgIpc) is 2.78. The summed E-state index contributed by atoms with van der Waals surface area (Å²) in [5.74, 6) is 0.154. The lowest BCUT2D eigenvalue weighted by Gasteiger charge is -2.17. The Labute approximate surface area is 168 Å². The fraction of sp³-hybridized carbons (Fsp3) is 0.0833. The molecule has 1 aliphatic rings. The van der Waals surface area contributed by atoms with Crippen LogP contribution in [0.3, 0.4) is 0 Å². The molecule has 144 valence electrons. The lowest BCUT2D eigenvalue weighted by Crippen LogP contribution is -2.17. The Bertz CT molecular complexity index is 1060. The molecule has 1 amide bonds. The van der Waals surface area contributed by atoms with Gasteiger partial charge in [0.25, 0.3) is 5.91 Å². The van der Waals surface area contributed by atoms with Gasteiger partial charge in [-0.25, -0.2) is 4.79 Å². The summed E-state index contributed by atoms with van der Waals surface area (Å²) in [4.78, 5) is 24.6. The minimum Gasteiger partial charge on any atom is -0.488 e. The van der Waals surface area contributed by atoms with Crippen molar-refractivity contribution in [1.29, 1.82) is 0 Å². The maximum Gasteiger partial charge on any atom is 0.337 e. The number of esters is 1. The highest BCUT2D eigenvalue weighted by molar-refractivity contribution is 6.04. The van der Waals surface area contributed by atoms with Crippen LogP contribution in [-0.2, 0) is 16.1 Å². The van der Waals surface area contributed by atoms with Gasteiger partial charge >= 0.3 is 5.97 Å². The van der Waals surface area contributed by atoms with E-state index in [-0.39, 0.29) is 19.1 Å². The van der Waals surface area contributed by atoms with Crippen molar-refractivity contribution in [2.75, 3.05) is 11.9 Å². The van der Waals surface area contributed by atoms with E-state index in [0.717, 1.165) is 22.6 Å². The van der Waals surface area contributed by atoms with Crippen molar-refractivity contribution < 1.29 is 19.1 Å². The molecule has 0 spiro atoms. The van der Waals surface area contributed by atoms with E-state index in [1.54, 1.807) is 30.3 Å². The molecule has 0 aliphatic carbocycles. The fourth-order valence-electron chi connectivity index (χ4n) is 2.95. The number of para-hydroxylation sites is 2. The van der Waals surface area contributed by atoms with Crippen molar-refractivity contribution in [3.05, 3.63) is 101 Å². The monoisotopic (exact) mass is 385 g/mol. The van der Waals surface area contributed by atoms with Crippen LogP contribution in [0.5, 0.6) is 5.75 Å². The van der Waals surface area contributed by atoms with E-state index in [2.05, 4.69) is 5.32 Å². The molecule has 1 aliphatic heterocycles. The lowest BCUT2D eigenvalue weighted by atomic mass is 10.1. The van der Waals surface area contributed by atoms with Crippen molar-refractivity contribution >= 4 is 23.6 Å². The van der Waals surface area contributed by atoms with Crippen molar-refractivity contribution in [2.45, 2.75) is 6.61 Å². The molecule has 0 saturated heterocycles. The zero-order valence-corrected chi connectivity index (χ0v) is 15.6. The second-order valence-corrected chi connectivity index (χ2v) is 6.59. The summed E-state index contributed by atoms with van der Waals surface area (Å²) in [6.07, 6.45) is 1.79. The van der Waals surface area contributed by atoms with Crippen LogP contribution in [0.25, 0.3) is 6.08 Å². The van der Waals surface area contributed by atoms with Gasteiger partial charge in [0.2, 0.25) is 0 Å². The molecule has 3 aromatic carbocycles. The molecule has 0 unspecified atom stereocenters. The van der Waals surface area contributed by atoms with Crippen LogP contribution in [-0.4, -0.2) is 18.5 Å². The number of ether oxygens (including phenoxy) is 2. The highest BCUT2D eigenvalue weighted by Gasteiger charge is 2.18. The summed E-state index contributed by atoms with van der Waals surface area (Å²) in [6.45, 7) is 0.312. The maximum absolute atomic E-state index is 12.3. The summed E-state index contributed by atoms with van der Waals surface area (Å²) < 4.78 is 11.0. The quantitative estimate of drug-likeness (QED) is 0.659. The number of rotatable bonds is 5. The van der Waals surface area contributed by atoms with Crippen molar-refractivity contribution in [3.8, 4) is 5.75 Å². The largest absolute Gasteiger partial charge is 0.488 e. The van der Waals surface area contributed by atoms with Crippen molar-refractivity contribution in [2.24, 2.45) is 0 Å². The Balaban J connectivity index is 1.34. The van der Waals surface area contributed by atoms with Crippen LogP contribution in [0.2, 0.25) is 0 Å². The van der Waals surface area contributed by atoms with Gasteiger partial charge in [-0.05, 0) is 42.0 Å². The second-order valence-electron chi connectivity index (χ2n) is 6.59. The van der Waals surface area contributed by atoms with E-state index in [9.17, 15) is 9.59 Å². The number of carbonyl (C=O) groups excluding carboxylic acids is 2. The Morgan fingerprint density at radius 1 is 0.897 bits per heavy atom. The zero-order chi connectivity index (χ0) is 20.1. The molecular weight excluding hydrogens is 366 g/mol. The molecule has 3 aromatic rings. The number of fused-ring (bicyclic) bond motifs is 1. The zero-order valence-electron chi connectivity index (χ0n) is 15.6. The van der Waals surface area contributed by atoms with E-state index in [1.807, 2.05) is 54.6 Å². The molecule has 0 saturated carbocycles. The molecule has 0 radical (unpaired) electrons. The number of benzene rings is 3. The van der Waals surface area contributed by atoms with Gasteiger partial charge in [0.15, 0.2) is 0 Å². The van der Waals surface area contributed by atoms with Gasteiger partial charge in [0, 0.05) is 16.8 Å². The normalized spacial score (nSPS) is 12.2. The third-order valence-corrected chi connectivity index (χ3v) is 4.51. The van der Waals surface area contributed by atoms with Crippen LogP contribution in [0.15, 0.2) is 84.4 Å². The summed E-state index contributed by atoms with van der Waals surface area (Å²) >= 11 is 0. The van der Waals surface area contributed by atoms with E-state index < -0.39 is 5.97 Å². The molecule has 1 heterocycles. The van der Waals surface area contributed by atoms with E-state index >= 15 is 0 Å². The number of hydrogen-bond donors (Lipinski definition) is 1. The minimum atomic E-state index is -0.412. The van der Waals surface area contributed by atoms with Crippen molar-refractivity contribution in [1.82, 2.24) is 0 Å². The number of hydrogen-bond acceptors (Lipinski definition) is 4.